The molecule has 0 fully saturated rings. The van der Waals surface area contributed by atoms with E-state index in [1.165, 1.54) is 11.8 Å². The molecule has 0 heterocycles. The number of amides is 1. The average Bonchev–Trinajstić information content (AvgIpc) is 2.49. The lowest BCUT2D eigenvalue weighted by atomic mass is 9.97. The highest BCUT2D eigenvalue weighted by atomic mass is 32.2. The van der Waals surface area contributed by atoms with Crippen LogP contribution >= 0.6 is 11.8 Å². The molecule has 0 aliphatic heterocycles. The molecule has 2 aromatic rings. The second-order valence-corrected chi connectivity index (χ2v) is 5.46. The third-order valence-corrected chi connectivity index (χ3v) is 4.15. The lowest BCUT2D eigenvalue weighted by molar-refractivity contribution is -0.117. The number of benzene rings is 2. The first-order valence-electron chi connectivity index (χ1n) is 6.36. The van der Waals surface area contributed by atoms with Crippen molar-refractivity contribution in [3.63, 3.8) is 0 Å². The molecule has 4 nitrogen and oxygen atoms in total. The van der Waals surface area contributed by atoms with Gasteiger partial charge in [0.15, 0.2) is 5.78 Å². The van der Waals surface area contributed by atoms with E-state index < -0.39 is 11.2 Å². The van der Waals surface area contributed by atoms with E-state index in [0.29, 0.717) is 22.4 Å². The van der Waals surface area contributed by atoms with Crippen LogP contribution in [0.4, 0.5) is 5.69 Å². The maximum Gasteiger partial charge on any atom is 0.235 e. The number of primary amides is 1. The van der Waals surface area contributed by atoms with Gasteiger partial charge in [0.2, 0.25) is 5.91 Å². The molecule has 4 N–H and O–H groups in total. The second-order valence-electron chi connectivity index (χ2n) is 4.52. The van der Waals surface area contributed by atoms with E-state index in [9.17, 15) is 9.59 Å². The van der Waals surface area contributed by atoms with Crippen LogP contribution in [0.15, 0.2) is 48.5 Å². The molecule has 0 aliphatic rings. The highest BCUT2D eigenvalue weighted by molar-refractivity contribution is 7.99. The van der Waals surface area contributed by atoms with Gasteiger partial charge in [-0.05, 0) is 17.9 Å². The van der Waals surface area contributed by atoms with E-state index in [0.717, 1.165) is 0 Å². The summed E-state index contributed by atoms with van der Waals surface area (Å²) in [4.78, 5) is 24.0. The van der Waals surface area contributed by atoms with Gasteiger partial charge in [-0.1, -0.05) is 42.5 Å². The van der Waals surface area contributed by atoms with Crippen LogP contribution < -0.4 is 11.5 Å². The van der Waals surface area contributed by atoms with Gasteiger partial charge in [-0.25, -0.2) is 0 Å². The van der Waals surface area contributed by atoms with Crippen LogP contribution in [0.1, 0.15) is 26.7 Å². The zero-order chi connectivity index (χ0) is 15.4. The zero-order valence-electron chi connectivity index (χ0n) is 11.6. The van der Waals surface area contributed by atoms with E-state index in [1.54, 1.807) is 48.7 Å². The summed E-state index contributed by atoms with van der Waals surface area (Å²) < 4.78 is 0. The number of nitrogens with two attached hydrogens (primary N) is 2. The quantitative estimate of drug-likeness (QED) is 0.655. The molecule has 1 atom stereocenters. The summed E-state index contributed by atoms with van der Waals surface area (Å²) in [5.74, 6) is -0.641. The summed E-state index contributed by atoms with van der Waals surface area (Å²) in [6, 6.07) is 14.0. The molecule has 2 aromatic carbocycles. The van der Waals surface area contributed by atoms with Gasteiger partial charge in [-0.3, -0.25) is 9.59 Å². The number of nitrogen functional groups attached to an aromatic ring is 1. The molecule has 0 aliphatic carbocycles. The summed E-state index contributed by atoms with van der Waals surface area (Å²) in [7, 11) is 0. The third-order valence-electron chi connectivity index (χ3n) is 3.20. The minimum Gasteiger partial charge on any atom is -0.398 e. The number of rotatable bonds is 5. The van der Waals surface area contributed by atoms with Crippen molar-refractivity contribution < 1.29 is 9.59 Å². The van der Waals surface area contributed by atoms with Gasteiger partial charge < -0.3 is 11.5 Å². The van der Waals surface area contributed by atoms with Crippen LogP contribution in [0.3, 0.4) is 0 Å². The number of anilines is 1. The summed E-state index contributed by atoms with van der Waals surface area (Å²) in [5.41, 5.74) is 13.3. The number of hydrogen-bond acceptors (Lipinski definition) is 4. The zero-order valence-corrected chi connectivity index (χ0v) is 12.4. The van der Waals surface area contributed by atoms with Gasteiger partial charge in [0.25, 0.3) is 0 Å². The molecule has 1 amide bonds. The summed E-state index contributed by atoms with van der Waals surface area (Å²) >= 11 is 1.30. The number of thioether (sulfide) groups is 1. The van der Waals surface area contributed by atoms with Crippen molar-refractivity contribution in [3.8, 4) is 0 Å². The van der Waals surface area contributed by atoms with E-state index in [2.05, 4.69) is 0 Å². The highest BCUT2D eigenvalue weighted by Gasteiger charge is 2.22. The molecule has 2 rings (SSSR count). The van der Waals surface area contributed by atoms with E-state index in [4.69, 9.17) is 11.5 Å². The molecule has 0 bridgehead atoms. The molecule has 0 saturated heterocycles. The smallest absolute Gasteiger partial charge is 0.235 e. The minimum absolute atomic E-state index is 0.167. The maximum absolute atomic E-state index is 12.5. The van der Waals surface area contributed by atoms with Gasteiger partial charge >= 0.3 is 0 Å². The Hall–Kier alpha value is -2.27. The molecule has 21 heavy (non-hydrogen) atoms. The van der Waals surface area contributed by atoms with Crippen molar-refractivity contribution in [2.45, 2.75) is 5.25 Å². The molecule has 108 valence electrons. The summed E-state index contributed by atoms with van der Waals surface area (Å²) in [6.45, 7) is 0. The van der Waals surface area contributed by atoms with Crippen molar-refractivity contribution in [1.82, 2.24) is 0 Å². The van der Waals surface area contributed by atoms with E-state index in [-0.39, 0.29) is 5.78 Å². The minimum atomic E-state index is -0.562. The molecule has 0 saturated carbocycles. The van der Waals surface area contributed by atoms with Gasteiger partial charge in [0, 0.05) is 16.8 Å². The first kappa shape index (κ1) is 15.1. The number of carbonyl (C=O) groups excluding carboxylic acids is 2. The van der Waals surface area contributed by atoms with Gasteiger partial charge in [-0.2, -0.15) is 0 Å². The lowest BCUT2D eigenvalue weighted by Gasteiger charge is -2.15. The largest absolute Gasteiger partial charge is 0.398 e. The number of carbonyl (C=O) groups is 2. The SMILES string of the molecule is CSC(C(N)=O)c1cccc(C(=O)c2ccccc2)c1N. The Morgan fingerprint density at radius 2 is 1.71 bits per heavy atom. The van der Waals surface area contributed by atoms with Crippen molar-refractivity contribution >= 4 is 29.1 Å². The fraction of sp³-hybridized carbons (Fsp3) is 0.125. The number of ketones is 1. The first-order chi connectivity index (χ1) is 10.1. The Labute approximate surface area is 127 Å². The summed E-state index contributed by atoms with van der Waals surface area (Å²) in [6.07, 6.45) is 1.78. The van der Waals surface area contributed by atoms with Crippen LogP contribution in [-0.2, 0) is 4.79 Å². The summed E-state index contributed by atoms with van der Waals surface area (Å²) in [5, 5.41) is -0.562. The Bertz CT molecular complexity index is 671. The van der Waals surface area contributed by atoms with Crippen LogP contribution in [-0.4, -0.2) is 17.9 Å². The van der Waals surface area contributed by atoms with Gasteiger partial charge in [0.1, 0.15) is 5.25 Å². The van der Waals surface area contributed by atoms with Gasteiger partial charge in [-0.15, -0.1) is 11.8 Å². The van der Waals surface area contributed by atoms with Crippen molar-refractivity contribution in [2.24, 2.45) is 5.73 Å². The predicted molar refractivity (Wildman–Crippen MR) is 86.2 cm³/mol. The Kier molecular flexibility index (Phi) is 4.65. The monoisotopic (exact) mass is 300 g/mol. The Morgan fingerprint density at radius 3 is 2.29 bits per heavy atom. The normalized spacial score (nSPS) is 11.9. The van der Waals surface area contributed by atoms with Gasteiger partial charge in [0.05, 0.1) is 0 Å². The predicted octanol–water partition coefficient (Wildman–Crippen LogP) is 2.39. The van der Waals surface area contributed by atoms with Crippen LogP contribution in [0.25, 0.3) is 0 Å². The average molecular weight is 300 g/mol. The second kappa shape index (κ2) is 6.45. The van der Waals surface area contributed by atoms with E-state index >= 15 is 0 Å². The molecule has 0 spiro atoms. The van der Waals surface area contributed by atoms with Crippen LogP contribution in [0, 0.1) is 0 Å². The first-order valence-corrected chi connectivity index (χ1v) is 7.65. The fourth-order valence-electron chi connectivity index (χ4n) is 2.15. The molecular formula is C16H16N2O2S. The molecule has 0 aromatic heterocycles. The molecule has 1 unspecified atom stereocenters. The highest BCUT2D eigenvalue weighted by Crippen LogP contribution is 2.33. The molecule has 5 heteroatoms. The van der Waals surface area contributed by atoms with Crippen molar-refractivity contribution in [3.05, 3.63) is 65.2 Å². The standard InChI is InChI=1S/C16H16N2O2S/c1-21-15(16(18)20)12-9-5-8-11(13(12)17)14(19)10-6-3-2-4-7-10/h2-9,15H,17H2,1H3,(H2,18,20). The van der Waals surface area contributed by atoms with Crippen molar-refractivity contribution in [2.75, 3.05) is 12.0 Å². The topological polar surface area (TPSA) is 86.2 Å². The molecule has 0 radical (unpaired) electrons. The van der Waals surface area contributed by atoms with E-state index in [1.807, 2.05) is 6.07 Å². The Morgan fingerprint density at radius 1 is 1.05 bits per heavy atom. The Balaban J connectivity index is 2.47. The lowest BCUT2D eigenvalue weighted by Crippen LogP contribution is -2.20. The van der Waals surface area contributed by atoms with Crippen LogP contribution in [0.5, 0.6) is 0 Å². The van der Waals surface area contributed by atoms with Crippen molar-refractivity contribution in [1.29, 1.82) is 0 Å². The molecular weight excluding hydrogens is 284 g/mol. The maximum atomic E-state index is 12.5. The van der Waals surface area contributed by atoms with Crippen LogP contribution in [0.2, 0.25) is 0 Å². The fourth-order valence-corrected chi connectivity index (χ4v) is 2.84. The number of hydrogen-bond donors (Lipinski definition) is 2. The number of para-hydroxylation sites is 1. The third kappa shape index (κ3) is 3.08.